The Hall–Kier alpha value is -1.89. The summed E-state index contributed by atoms with van der Waals surface area (Å²) in [4.78, 5) is 11.9. The molecule has 1 aromatic heterocycles. The van der Waals surface area contributed by atoms with Gasteiger partial charge in [-0.2, -0.15) is 5.10 Å². The van der Waals surface area contributed by atoms with Crippen LogP contribution in [-0.4, -0.2) is 15.7 Å². The van der Waals surface area contributed by atoms with E-state index in [0.717, 1.165) is 15.9 Å². The summed E-state index contributed by atoms with van der Waals surface area (Å²) in [6.45, 7) is 4.23. The molecule has 0 radical (unpaired) electrons. The van der Waals surface area contributed by atoms with Crippen molar-refractivity contribution in [3.05, 3.63) is 39.9 Å². The van der Waals surface area contributed by atoms with Crippen LogP contribution in [0.4, 0.5) is 15.8 Å². The Morgan fingerprint density at radius 1 is 1.48 bits per heavy atom. The topological polar surface area (TPSA) is 72.9 Å². The molecule has 3 N–H and O–H groups in total. The maximum Gasteiger partial charge on any atom is 0.226 e. The standard InChI is InChI=1S/C14H16BrFN4O/c1-8-14(15)9(2)20(19-8)6-5-13(21)18-12-7-10(17)3-4-11(12)16/h3-4,7H,5-6,17H2,1-2H3,(H,18,21). The lowest BCUT2D eigenvalue weighted by molar-refractivity contribution is -0.116. The first kappa shape index (κ1) is 15.5. The van der Waals surface area contributed by atoms with Crippen LogP contribution in [-0.2, 0) is 11.3 Å². The third-order valence-electron chi connectivity index (χ3n) is 3.11. The molecule has 0 bridgehead atoms. The molecule has 1 aromatic carbocycles. The second-order valence-electron chi connectivity index (χ2n) is 4.75. The van der Waals surface area contributed by atoms with Gasteiger partial charge >= 0.3 is 0 Å². The average molecular weight is 355 g/mol. The van der Waals surface area contributed by atoms with Gasteiger partial charge < -0.3 is 11.1 Å². The number of rotatable bonds is 4. The summed E-state index contributed by atoms with van der Waals surface area (Å²) >= 11 is 3.43. The number of nitrogens with zero attached hydrogens (tertiary/aromatic N) is 2. The molecule has 2 rings (SSSR count). The highest BCUT2D eigenvalue weighted by Crippen LogP contribution is 2.20. The number of hydrogen-bond donors (Lipinski definition) is 2. The molecular weight excluding hydrogens is 339 g/mol. The predicted molar refractivity (Wildman–Crippen MR) is 83.5 cm³/mol. The molecule has 0 atom stereocenters. The molecule has 0 saturated heterocycles. The van der Waals surface area contributed by atoms with Crippen LogP contribution < -0.4 is 11.1 Å². The van der Waals surface area contributed by atoms with E-state index in [0.29, 0.717) is 12.2 Å². The van der Waals surface area contributed by atoms with E-state index < -0.39 is 5.82 Å². The van der Waals surface area contributed by atoms with Crippen LogP contribution in [0.5, 0.6) is 0 Å². The molecule has 21 heavy (non-hydrogen) atoms. The molecule has 7 heteroatoms. The van der Waals surface area contributed by atoms with E-state index >= 15 is 0 Å². The van der Waals surface area contributed by atoms with Crippen molar-refractivity contribution in [2.75, 3.05) is 11.1 Å². The fraction of sp³-hybridized carbons (Fsp3) is 0.286. The number of nitrogens with two attached hydrogens (primary N) is 1. The van der Waals surface area contributed by atoms with Gasteiger partial charge in [0.15, 0.2) is 0 Å². The van der Waals surface area contributed by atoms with Crippen molar-refractivity contribution < 1.29 is 9.18 Å². The molecule has 0 aliphatic heterocycles. The lowest BCUT2D eigenvalue weighted by atomic mass is 10.2. The van der Waals surface area contributed by atoms with Gasteiger partial charge in [0.25, 0.3) is 0 Å². The zero-order valence-electron chi connectivity index (χ0n) is 11.8. The highest BCUT2D eigenvalue weighted by molar-refractivity contribution is 9.10. The summed E-state index contributed by atoms with van der Waals surface area (Å²) in [5.41, 5.74) is 7.88. The predicted octanol–water partition coefficient (Wildman–Crippen LogP) is 3.01. The van der Waals surface area contributed by atoms with E-state index in [1.54, 1.807) is 4.68 Å². The maximum absolute atomic E-state index is 13.5. The van der Waals surface area contributed by atoms with Crippen molar-refractivity contribution in [2.45, 2.75) is 26.8 Å². The van der Waals surface area contributed by atoms with E-state index in [9.17, 15) is 9.18 Å². The highest BCUT2D eigenvalue weighted by atomic mass is 79.9. The SMILES string of the molecule is Cc1nn(CCC(=O)Nc2cc(N)ccc2F)c(C)c1Br. The number of halogens is 2. The Kier molecular flexibility index (Phi) is 4.62. The van der Waals surface area contributed by atoms with Crippen molar-refractivity contribution in [3.63, 3.8) is 0 Å². The van der Waals surface area contributed by atoms with E-state index in [-0.39, 0.29) is 18.0 Å². The first-order valence-corrected chi connectivity index (χ1v) is 7.22. The number of carbonyl (C=O) groups excluding carboxylic acids is 1. The molecule has 112 valence electrons. The van der Waals surface area contributed by atoms with Crippen molar-refractivity contribution in [3.8, 4) is 0 Å². The van der Waals surface area contributed by atoms with Gasteiger partial charge in [0, 0.05) is 17.8 Å². The number of carbonyl (C=O) groups is 1. The van der Waals surface area contributed by atoms with Crippen LogP contribution in [0.3, 0.4) is 0 Å². The number of nitrogen functional groups attached to an aromatic ring is 1. The number of nitrogens with one attached hydrogen (secondary N) is 1. The van der Waals surface area contributed by atoms with Crippen molar-refractivity contribution >= 4 is 33.2 Å². The van der Waals surface area contributed by atoms with Crippen LogP contribution in [0.2, 0.25) is 0 Å². The van der Waals surface area contributed by atoms with Crippen molar-refractivity contribution in [1.82, 2.24) is 9.78 Å². The Labute approximate surface area is 130 Å². The Morgan fingerprint density at radius 2 is 2.19 bits per heavy atom. The summed E-state index contributed by atoms with van der Waals surface area (Å²) in [7, 11) is 0. The lowest BCUT2D eigenvalue weighted by Crippen LogP contribution is -2.16. The van der Waals surface area contributed by atoms with E-state index in [1.165, 1.54) is 18.2 Å². The minimum absolute atomic E-state index is 0.0922. The largest absolute Gasteiger partial charge is 0.399 e. The molecule has 0 aliphatic carbocycles. The molecule has 1 heterocycles. The van der Waals surface area contributed by atoms with Crippen molar-refractivity contribution in [2.24, 2.45) is 0 Å². The normalized spacial score (nSPS) is 10.7. The minimum Gasteiger partial charge on any atom is -0.399 e. The van der Waals surface area contributed by atoms with Gasteiger partial charge in [0.2, 0.25) is 5.91 Å². The number of aryl methyl sites for hydroxylation is 2. The van der Waals surface area contributed by atoms with Gasteiger partial charge in [-0.3, -0.25) is 9.48 Å². The van der Waals surface area contributed by atoms with Crippen LogP contribution in [0.1, 0.15) is 17.8 Å². The second-order valence-corrected chi connectivity index (χ2v) is 5.54. The zero-order valence-corrected chi connectivity index (χ0v) is 13.4. The van der Waals surface area contributed by atoms with Crippen molar-refractivity contribution in [1.29, 1.82) is 0 Å². The summed E-state index contributed by atoms with van der Waals surface area (Å²) < 4.78 is 16.2. The molecule has 0 fully saturated rings. The first-order chi connectivity index (χ1) is 9.88. The summed E-state index contributed by atoms with van der Waals surface area (Å²) in [6.07, 6.45) is 0.197. The Morgan fingerprint density at radius 3 is 2.81 bits per heavy atom. The highest BCUT2D eigenvalue weighted by Gasteiger charge is 2.11. The molecule has 5 nitrogen and oxygen atoms in total. The molecule has 2 aromatic rings. The van der Waals surface area contributed by atoms with E-state index in [2.05, 4.69) is 26.3 Å². The van der Waals surface area contributed by atoms with Crippen LogP contribution in [0.25, 0.3) is 0 Å². The van der Waals surface area contributed by atoms with E-state index in [1.807, 2.05) is 13.8 Å². The molecule has 1 amide bonds. The average Bonchev–Trinajstić information content (AvgIpc) is 2.68. The quantitative estimate of drug-likeness (QED) is 0.828. The monoisotopic (exact) mass is 354 g/mol. The smallest absolute Gasteiger partial charge is 0.226 e. The molecule has 0 spiro atoms. The third-order valence-corrected chi connectivity index (χ3v) is 4.26. The Bertz CT molecular complexity index is 684. The third kappa shape index (κ3) is 3.60. The summed E-state index contributed by atoms with van der Waals surface area (Å²) in [6, 6.07) is 4.06. The van der Waals surface area contributed by atoms with Crippen LogP contribution in [0.15, 0.2) is 22.7 Å². The first-order valence-electron chi connectivity index (χ1n) is 6.43. The van der Waals surface area contributed by atoms with Crippen LogP contribution in [0, 0.1) is 19.7 Å². The number of aromatic nitrogens is 2. The number of hydrogen-bond acceptors (Lipinski definition) is 3. The molecular formula is C14H16BrFN4O. The molecule has 0 saturated carbocycles. The zero-order chi connectivity index (χ0) is 15.6. The van der Waals surface area contributed by atoms with Gasteiger partial charge in [-0.25, -0.2) is 4.39 Å². The fourth-order valence-corrected chi connectivity index (χ4v) is 2.24. The van der Waals surface area contributed by atoms with Crippen LogP contribution >= 0.6 is 15.9 Å². The minimum atomic E-state index is -0.508. The second kappa shape index (κ2) is 6.26. The Balaban J connectivity index is 1.99. The van der Waals surface area contributed by atoms with Gasteiger partial charge in [0.05, 0.1) is 22.4 Å². The van der Waals surface area contributed by atoms with Gasteiger partial charge in [-0.1, -0.05) is 0 Å². The van der Waals surface area contributed by atoms with E-state index in [4.69, 9.17) is 5.73 Å². The summed E-state index contributed by atoms with van der Waals surface area (Å²) in [5, 5.41) is 6.83. The summed E-state index contributed by atoms with van der Waals surface area (Å²) in [5.74, 6) is -0.797. The lowest BCUT2D eigenvalue weighted by Gasteiger charge is -2.08. The number of benzene rings is 1. The van der Waals surface area contributed by atoms with Gasteiger partial charge in [-0.05, 0) is 48.0 Å². The fourth-order valence-electron chi connectivity index (χ4n) is 1.95. The molecule has 0 aliphatic rings. The van der Waals surface area contributed by atoms with Gasteiger partial charge in [-0.15, -0.1) is 0 Å². The number of amides is 1. The maximum atomic E-state index is 13.5. The molecule has 0 unspecified atom stereocenters. The number of anilines is 2. The van der Waals surface area contributed by atoms with Gasteiger partial charge in [0.1, 0.15) is 5.82 Å².